The number of rotatable bonds is 5. The predicted octanol–water partition coefficient (Wildman–Crippen LogP) is 4.41. The van der Waals surface area contributed by atoms with E-state index in [1.807, 2.05) is 42.7 Å². The molecule has 148 valence electrons. The standard InChI is InChI=1S/C22H20BrN3O3/c1-14-12-16(13-24-25-21(27)17-8-4-6-10-19(17)23)15(2)26(14)20-11-7-5-9-18(20)22(28)29-3/h4-13H,1-3H3,(H,25,27)/b24-13-. The molecule has 0 atom stereocenters. The number of para-hydroxylation sites is 1. The summed E-state index contributed by atoms with van der Waals surface area (Å²) in [5.74, 6) is -0.706. The number of aryl methyl sites for hydroxylation is 1. The van der Waals surface area contributed by atoms with Crippen LogP contribution >= 0.6 is 15.9 Å². The van der Waals surface area contributed by atoms with E-state index in [9.17, 15) is 9.59 Å². The highest BCUT2D eigenvalue weighted by Gasteiger charge is 2.17. The van der Waals surface area contributed by atoms with Gasteiger partial charge in [0, 0.05) is 21.4 Å². The lowest BCUT2D eigenvalue weighted by atomic mass is 10.1. The van der Waals surface area contributed by atoms with E-state index in [0.717, 1.165) is 22.6 Å². The Morgan fingerprint density at radius 3 is 2.41 bits per heavy atom. The number of methoxy groups -OCH3 is 1. The molecule has 1 amide bonds. The molecule has 0 saturated heterocycles. The van der Waals surface area contributed by atoms with Gasteiger partial charge in [0.15, 0.2) is 0 Å². The number of halogens is 1. The van der Waals surface area contributed by atoms with Crippen molar-refractivity contribution in [2.24, 2.45) is 5.10 Å². The zero-order chi connectivity index (χ0) is 21.0. The van der Waals surface area contributed by atoms with Gasteiger partial charge in [0.1, 0.15) is 0 Å². The second-order valence-corrected chi connectivity index (χ2v) is 7.20. The molecule has 1 heterocycles. The molecule has 0 fully saturated rings. The first-order chi connectivity index (χ1) is 13.9. The second-order valence-electron chi connectivity index (χ2n) is 6.35. The number of nitrogens with one attached hydrogen (secondary N) is 1. The Labute approximate surface area is 177 Å². The van der Waals surface area contributed by atoms with Crippen LogP contribution in [0.25, 0.3) is 5.69 Å². The summed E-state index contributed by atoms with van der Waals surface area (Å²) in [5.41, 5.74) is 6.89. The van der Waals surface area contributed by atoms with Crippen LogP contribution in [0.4, 0.5) is 0 Å². The lowest BCUT2D eigenvalue weighted by Gasteiger charge is -2.13. The van der Waals surface area contributed by atoms with E-state index >= 15 is 0 Å². The topological polar surface area (TPSA) is 72.7 Å². The zero-order valence-corrected chi connectivity index (χ0v) is 17.9. The Hall–Kier alpha value is -3.19. The number of carbonyl (C=O) groups excluding carboxylic acids is 2. The van der Waals surface area contributed by atoms with Gasteiger partial charge < -0.3 is 9.30 Å². The van der Waals surface area contributed by atoms with Gasteiger partial charge in [-0.1, -0.05) is 24.3 Å². The number of hydrogen-bond acceptors (Lipinski definition) is 4. The molecule has 6 nitrogen and oxygen atoms in total. The summed E-state index contributed by atoms with van der Waals surface area (Å²) in [6, 6.07) is 16.3. The van der Waals surface area contributed by atoms with E-state index in [0.29, 0.717) is 15.6 Å². The number of carbonyl (C=O) groups is 2. The van der Waals surface area contributed by atoms with Gasteiger partial charge in [-0.15, -0.1) is 0 Å². The van der Waals surface area contributed by atoms with Crippen LogP contribution in [0.2, 0.25) is 0 Å². The summed E-state index contributed by atoms with van der Waals surface area (Å²) < 4.78 is 7.56. The molecule has 0 aliphatic heterocycles. The lowest BCUT2D eigenvalue weighted by molar-refractivity contribution is 0.0600. The van der Waals surface area contributed by atoms with Crippen LogP contribution in [0.5, 0.6) is 0 Å². The molecule has 0 spiro atoms. The van der Waals surface area contributed by atoms with Gasteiger partial charge in [-0.05, 0) is 60.1 Å². The molecular weight excluding hydrogens is 434 g/mol. The van der Waals surface area contributed by atoms with Crippen molar-refractivity contribution in [2.75, 3.05) is 7.11 Å². The summed E-state index contributed by atoms with van der Waals surface area (Å²) in [6.07, 6.45) is 1.59. The summed E-state index contributed by atoms with van der Waals surface area (Å²) >= 11 is 3.35. The normalized spacial score (nSPS) is 10.9. The predicted molar refractivity (Wildman–Crippen MR) is 116 cm³/mol. The van der Waals surface area contributed by atoms with E-state index in [1.165, 1.54) is 7.11 Å². The molecule has 2 aromatic carbocycles. The van der Waals surface area contributed by atoms with Gasteiger partial charge in [0.05, 0.1) is 30.1 Å². The molecule has 0 unspecified atom stereocenters. The van der Waals surface area contributed by atoms with Crippen molar-refractivity contribution in [3.8, 4) is 5.69 Å². The van der Waals surface area contributed by atoms with Crippen molar-refractivity contribution < 1.29 is 14.3 Å². The quantitative estimate of drug-likeness (QED) is 0.353. The maximum atomic E-state index is 12.3. The number of hydrogen-bond donors (Lipinski definition) is 1. The fourth-order valence-electron chi connectivity index (χ4n) is 3.11. The highest BCUT2D eigenvalue weighted by Crippen LogP contribution is 2.23. The Bertz CT molecular complexity index is 1100. The summed E-state index contributed by atoms with van der Waals surface area (Å²) in [7, 11) is 1.36. The number of esters is 1. The first-order valence-electron chi connectivity index (χ1n) is 8.88. The van der Waals surface area contributed by atoms with E-state index in [4.69, 9.17) is 4.74 Å². The first kappa shape index (κ1) is 20.5. The number of hydrazone groups is 1. The van der Waals surface area contributed by atoms with Gasteiger partial charge in [0.25, 0.3) is 5.91 Å². The molecule has 1 N–H and O–H groups in total. The molecule has 3 aromatic rings. The third-order valence-electron chi connectivity index (χ3n) is 4.51. The van der Waals surface area contributed by atoms with Crippen LogP contribution in [0.15, 0.2) is 64.2 Å². The fraction of sp³-hybridized carbons (Fsp3) is 0.136. The molecule has 1 aromatic heterocycles. The molecule has 0 aliphatic rings. The third kappa shape index (κ3) is 4.30. The molecule has 0 radical (unpaired) electrons. The number of amides is 1. The molecule has 0 aliphatic carbocycles. The number of ether oxygens (including phenoxy) is 1. The van der Waals surface area contributed by atoms with Crippen molar-refractivity contribution in [2.45, 2.75) is 13.8 Å². The van der Waals surface area contributed by atoms with Crippen LogP contribution in [0.1, 0.15) is 37.7 Å². The third-order valence-corrected chi connectivity index (χ3v) is 5.20. The number of aromatic nitrogens is 1. The molecule has 7 heteroatoms. The molecule has 0 saturated carbocycles. The van der Waals surface area contributed by atoms with Crippen molar-refractivity contribution >= 4 is 34.0 Å². The van der Waals surface area contributed by atoms with E-state index in [1.54, 1.807) is 36.5 Å². The summed E-state index contributed by atoms with van der Waals surface area (Å²) in [4.78, 5) is 24.4. The maximum Gasteiger partial charge on any atom is 0.339 e. The molecular formula is C22H20BrN3O3. The summed E-state index contributed by atoms with van der Waals surface area (Å²) in [5, 5.41) is 4.09. The van der Waals surface area contributed by atoms with Crippen molar-refractivity contribution in [3.05, 3.63) is 87.1 Å². The van der Waals surface area contributed by atoms with Crippen LogP contribution in [0, 0.1) is 13.8 Å². The van der Waals surface area contributed by atoms with Crippen LogP contribution in [0.3, 0.4) is 0 Å². The Kier molecular flexibility index (Phi) is 6.29. The molecule has 29 heavy (non-hydrogen) atoms. The van der Waals surface area contributed by atoms with E-state index in [-0.39, 0.29) is 5.91 Å². The van der Waals surface area contributed by atoms with E-state index in [2.05, 4.69) is 26.5 Å². The van der Waals surface area contributed by atoms with Gasteiger partial charge in [-0.3, -0.25) is 4.79 Å². The Morgan fingerprint density at radius 1 is 1.07 bits per heavy atom. The number of benzene rings is 2. The smallest absolute Gasteiger partial charge is 0.339 e. The van der Waals surface area contributed by atoms with Crippen molar-refractivity contribution in [1.82, 2.24) is 9.99 Å². The Balaban J connectivity index is 1.88. The Morgan fingerprint density at radius 2 is 1.72 bits per heavy atom. The van der Waals surface area contributed by atoms with Gasteiger partial charge in [0.2, 0.25) is 0 Å². The monoisotopic (exact) mass is 453 g/mol. The number of nitrogens with zero attached hydrogens (tertiary/aromatic N) is 2. The highest BCUT2D eigenvalue weighted by atomic mass is 79.9. The first-order valence-corrected chi connectivity index (χ1v) is 9.68. The minimum atomic E-state index is -0.399. The minimum absolute atomic E-state index is 0.307. The second kappa shape index (κ2) is 8.87. The largest absolute Gasteiger partial charge is 0.465 e. The fourth-order valence-corrected chi connectivity index (χ4v) is 3.57. The van der Waals surface area contributed by atoms with Crippen molar-refractivity contribution in [3.63, 3.8) is 0 Å². The van der Waals surface area contributed by atoms with Crippen LogP contribution in [-0.4, -0.2) is 29.8 Å². The highest BCUT2D eigenvalue weighted by molar-refractivity contribution is 9.10. The van der Waals surface area contributed by atoms with Crippen LogP contribution < -0.4 is 5.43 Å². The molecule has 3 rings (SSSR count). The van der Waals surface area contributed by atoms with Crippen LogP contribution in [-0.2, 0) is 4.74 Å². The zero-order valence-electron chi connectivity index (χ0n) is 16.3. The average Bonchev–Trinajstić information content (AvgIpc) is 3.00. The van der Waals surface area contributed by atoms with Gasteiger partial charge in [-0.25, -0.2) is 10.2 Å². The maximum absolute atomic E-state index is 12.3. The SMILES string of the molecule is COC(=O)c1ccccc1-n1c(C)cc(/C=N\NC(=O)c2ccccc2Br)c1C. The summed E-state index contributed by atoms with van der Waals surface area (Å²) in [6.45, 7) is 3.87. The van der Waals surface area contributed by atoms with Gasteiger partial charge >= 0.3 is 5.97 Å². The lowest BCUT2D eigenvalue weighted by Crippen LogP contribution is -2.18. The minimum Gasteiger partial charge on any atom is -0.465 e. The van der Waals surface area contributed by atoms with Crippen molar-refractivity contribution in [1.29, 1.82) is 0 Å². The van der Waals surface area contributed by atoms with Gasteiger partial charge in [-0.2, -0.15) is 5.10 Å². The molecule has 0 bridgehead atoms. The van der Waals surface area contributed by atoms with E-state index < -0.39 is 5.97 Å². The average molecular weight is 454 g/mol.